The molecular formula is C23H28N2O2. The molecule has 1 N–H and O–H groups in total. The van der Waals surface area contributed by atoms with Gasteiger partial charge >= 0.3 is 0 Å². The molecule has 1 saturated heterocycles. The van der Waals surface area contributed by atoms with E-state index >= 15 is 0 Å². The molecule has 0 bridgehead atoms. The van der Waals surface area contributed by atoms with Crippen molar-refractivity contribution >= 4 is 17.5 Å². The van der Waals surface area contributed by atoms with Gasteiger partial charge in [0, 0.05) is 30.8 Å². The number of hydrogen-bond acceptors (Lipinski definition) is 2. The topological polar surface area (TPSA) is 49.4 Å². The zero-order valence-corrected chi connectivity index (χ0v) is 16.2. The molecule has 0 unspecified atom stereocenters. The summed E-state index contributed by atoms with van der Waals surface area (Å²) in [5, 5.41) is 2.99. The van der Waals surface area contributed by atoms with Crippen LogP contribution in [0.2, 0.25) is 0 Å². The lowest BCUT2D eigenvalue weighted by molar-refractivity contribution is -0.117. The maximum Gasteiger partial charge on any atom is 0.251 e. The normalized spacial score (nSPS) is 14.0. The Labute approximate surface area is 161 Å². The van der Waals surface area contributed by atoms with Crippen LogP contribution in [-0.4, -0.2) is 24.9 Å². The molecule has 1 heterocycles. The molecular weight excluding hydrogens is 336 g/mol. The Morgan fingerprint density at radius 1 is 1.15 bits per heavy atom. The highest BCUT2D eigenvalue weighted by Crippen LogP contribution is 2.22. The zero-order valence-electron chi connectivity index (χ0n) is 16.2. The smallest absolute Gasteiger partial charge is 0.251 e. The van der Waals surface area contributed by atoms with Crippen LogP contribution in [0.15, 0.2) is 48.5 Å². The zero-order chi connectivity index (χ0) is 19.2. The van der Waals surface area contributed by atoms with Gasteiger partial charge in [-0.15, -0.1) is 0 Å². The molecule has 27 heavy (non-hydrogen) atoms. The number of hydrogen-bond donors (Lipinski definition) is 1. The molecule has 0 aromatic heterocycles. The van der Waals surface area contributed by atoms with E-state index in [1.54, 1.807) is 11.0 Å². The first-order valence-electron chi connectivity index (χ1n) is 9.82. The molecule has 3 rings (SSSR count). The summed E-state index contributed by atoms with van der Waals surface area (Å²) in [7, 11) is 0. The van der Waals surface area contributed by atoms with Gasteiger partial charge in [0.1, 0.15) is 0 Å². The lowest BCUT2D eigenvalue weighted by Crippen LogP contribution is -2.26. The van der Waals surface area contributed by atoms with Gasteiger partial charge < -0.3 is 10.2 Å². The van der Waals surface area contributed by atoms with Crippen LogP contribution in [0, 0.1) is 0 Å². The molecule has 1 aliphatic rings. The number of nitrogens with one attached hydrogen (secondary N) is 1. The molecule has 0 saturated carbocycles. The maximum atomic E-state index is 12.4. The van der Waals surface area contributed by atoms with Crippen LogP contribution in [0.25, 0.3) is 0 Å². The standard InChI is InChI=1S/C23H28N2O2/c1-17(2)19-12-10-18(11-13-19)6-4-14-24-23(27)20-7-3-8-21(16-20)25-15-5-9-22(25)26/h3,7-8,10-13,16-17H,4-6,9,14-15H2,1-2H3,(H,24,27). The Kier molecular flexibility index (Phi) is 6.28. The van der Waals surface area contributed by atoms with Gasteiger partial charge in [0.2, 0.25) is 5.91 Å². The van der Waals surface area contributed by atoms with Gasteiger partial charge in [-0.1, -0.05) is 44.2 Å². The minimum atomic E-state index is -0.0846. The Balaban J connectivity index is 1.48. The van der Waals surface area contributed by atoms with Crippen LogP contribution in [0.3, 0.4) is 0 Å². The van der Waals surface area contributed by atoms with Crippen molar-refractivity contribution in [2.45, 2.75) is 45.4 Å². The SMILES string of the molecule is CC(C)c1ccc(CCCNC(=O)c2cccc(N3CCCC3=O)c2)cc1. The molecule has 1 aliphatic heterocycles. The van der Waals surface area contributed by atoms with E-state index in [0.29, 0.717) is 24.4 Å². The van der Waals surface area contributed by atoms with E-state index in [-0.39, 0.29) is 11.8 Å². The Bertz CT molecular complexity index is 796. The number of benzene rings is 2. The fourth-order valence-corrected chi connectivity index (χ4v) is 3.40. The molecule has 4 heteroatoms. The summed E-state index contributed by atoms with van der Waals surface area (Å²) in [6, 6.07) is 16.1. The summed E-state index contributed by atoms with van der Waals surface area (Å²) in [6.07, 6.45) is 3.32. The summed E-state index contributed by atoms with van der Waals surface area (Å²) in [4.78, 5) is 26.1. The van der Waals surface area contributed by atoms with E-state index in [1.165, 1.54) is 11.1 Å². The average Bonchev–Trinajstić information content (AvgIpc) is 3.11. The van der Waals surface area contributed by atoms with E-state index in [9.17, 15) is 9.59 Å². The molecule has 0 spiro atoms. The van der Waals surface area contributed by atoms with Crippen molar-refractivity contribution in [3.63, 3.8) is 0 Å². The summed E-state index contributed by atoms with van der Waals surface area (Å²) in [6.45, 7) is 5.76. The highest BCUT2D eigenvalue weighted by molar-refractivity contribution is 5.99. The second kappa shape index (κ2) is 8.85. The van der Waals surface area contributed by atoms with Gasteiger partial charge in [0.15, 0.2) is 0 Å². The first-order chi connectivity index (χ1) is 13.0. The minimum absolute atomic E-state index is 0.0846. The fraction of sp³-hybridized carbons (Fsp3) is 0.391. The van der Waals surface area contributed by atoms with Crippen molar-refractivity contribution in [1.29, 1.82) is 0 Å². The number of carbonyl (C=O) groups is 2. The molecule has 2 aromatic carbocycles. The predicted octanol–water partition coefficient (Wildman–Crippen LogP) is 4.30. The quantitative estimate of drug-likeness (QED) is 0.745. The summed E-state index contributed by atoms with van der Waals surface area (Å²) in [5.74, 6) is 0.597. The van der Waals surface area contributed by atoms with Gasteiger partial charge in [-0.3, -0.25) is 9.59 Å². The minimum Gasteiger partial charge on any atom is -0.352 e. The van der Waals surface area contributed by atoms with Gasteiger partial charge in [-0.25, -0.2) is 0 Å². The van der Waals surface area contributed by atoms with E-state index in [1.807, 2.05) is 18.2 Å². The molecule has 0 aliphatic carbocycles. The Morgan fingerprint density at radius 3 is 2.59 bits per heavy atom. The molecule has 4 nitrogen and oxygen atoms in total. The first-order valence-corrected chi connectivity index (χ1v) is 9.82. The van der Waals surface area contributed by atoms with E-state index in [4.69, 9.17) is 0 Å². The lowest BCUT2D eigenvalue weighted by atomic mass is 10.0. The molecule has 2 amide bonds. The van der Waals surface area contributed by atoms with Gasteiger partial charge in [0.05, 0.1) is 0 Å². The average molecular weight is 364 g/mol. The van der Waals surface area contributed by atoms with Gasteiger partial charge in [0.25, 0.3) is 5.91 Å². The third-order valence-electron chi connectivity index (χ3n) is 5.07. The maximum absolute atomic E-state index is 12.4. The predicted molar refractivity (Wildman–Crippen MR) is 109 cm³/mol. The monoisotopic (exact) mass is 364 g/mol. The van der Waals surface area contributed by atoms with Crippen LogP contribution in [0.5, 0.6) is 0 Å². The third kappa shape index (κ3) is 4.97. The number of rotatable bonds is 7. The van der Waals surface area contributed by atoms with Crippen molar-refractivity contribution in [3.05, 3.63) is 65.2 Å². The number of amides is 2. The van der Waals surface area contributed by atoms with Gasteiger partial charge in [-0.2, -0.15) is 0 Å². The summed E-state index contributed by atoms with van der Waals surface area (Å²) < 4.78 is 0. The molecule has 1 fully saturated rings. The van der Waals surface area contributed by atoms with Gasteiger partial charge in [-0.05, 0) is 54.5 Å². The highest BCUT2D eigenvalue weighted by atomic mass is 16.2. The summed E-state index contributed by atoms with van der Waals surface area (Å²) >= 11 is 0. The van der Waals surface area contributed by atoms with Crippen LogP contribution in [-0.2, 0) is 11.2 Å². The van der Waals surface area contributed by atoms with Crippen LogP contribution < -0.4 is 10.2 Å². The summed E-state index contributed by atoms with van der Waals surface area (Å²) in [5.41, 5.74) is 4.07. The van der Waals surface area contributed by atoms with Crippen LogP contribution in [0.4, 0.5) is 5.69 Å². The van der Waals surface area contributed by atoms with Crippen molar-refractivity contribution in [2.24, 2.45) is 0 Å². The largest absolute Gasteiger partial charge is 0.352 e. The second-order valence-electron chi connectivity index (χ2n) is 7.45. The molecule has 142 valence electrons. The number of nitrogens with zero attached hydrogens (tertiary/aromatic N) is 1. The number of aryl methyl sites for hydroxylation is 1. The fourth-order valence-electron chi connectivity index (χ4n) is 3.40. The van der Waals surface area contributed by atoms with E-state index in [0.717, 1.165) is 31.5 Å². The van der Waals surface area contributed by atoms with Crippen molar-refractivity contribution in [3.8, 4) is 0 Å². The van der Waals surface area contributed by atoms with E-state index < -0.39 is 0 Å². The second-order valence-corrected chi connectivity index (χ2v) is 7.45. The Hall–Kier alpha value is -2.62. The van der Waals surface area contributed by atoms with Crippen molar-refractivity contribution in [1.82, 2.24) is 5.32 Å². The number of carbonyl (C=O) groups excluding carboxylic acids is 2. The molecule has 0 radical (unpaired) electrons. The van der Waals surface area contributed by atoms with Crippen molar-refractivity contribution in [2.75, 3.05) is 18.0 Å². The first kappa shape index (κ1) is 19.2. The van der Waals surface area contributed by atoms with Crippen LogP contribution >= 0.6 is 0 Å². The number of anilines is 1. The lowest BCUT2D eigenvalue weighted by Gasteiger charge is -2.16. The molecule has 0 atom stereocenters. The van der Waals surface area contributed by atoms with Crippen molar-refractivity contribution < 1.29 is 9.59 Å². The molecule has 2 aromatic rings. The van der Waals surface area contributed by atoms with E-state index in [2.05, 4.69) is 43.4 Å². The van der Waals surface area contributed by atoms with Crippen LogP contribution in [0.1, 0.15) is 60.5 Å². The Morgan fingerprint density at radius 2 is 1.93 bits per heavy atom. The third-order valence-corrected chi connectivity index (χ3v) is 5.07. The highest BCUT2D eigenvalue weighted by Gasteiger charge is 2.22.